The summed E-state index contributed by atoms with van der Waals surface area (Å²) in [4.78, 5) is 42.7. The Bertz CT molecular complexity index is 1350. The van der Waals surface area contributed by atoms with Crippen molar-refractivity contribution < 1.29 is 39.2 Å². The quantitative estimate of drug-likeness (QED) is 0.354. The summed E-state index contributed by atoms with van der Waals surface area (Å²) in [5.41, 5.74) is 2.20. The van der Waals surface area contributed by atoms with Gasteiger partial charge in [0, 0.05) is 49.3 Å². The molecular weight excluding hydrogens is 572 g/mol. The number of rotatable bonds is 7. The van der Waals surface area contributed by atoms with E-state index in [-0.39, 0.29) is 36.0 Å². The first-order valence-corrected chi connectivity index (χ1v) is 16.0. The number of carbonyl (C=O) groups is 3. The molecule has 11 heteroatoms. The molecule has 1 aromatic heterocycles. The van der Waals surface area contributed by atoms with Gasteiger partial charge in [0.15, 0.2) is 11.2 Å². The first-order valence-electron chi connectivity index (χ1n) is 15.2. The fraction of sp³-hybridized carbons (Fsp3) is 0.625. The normalized spacial score (nSPS) is 32.9. The first kappa shape index (κ1) is 31.6. The number of benzene rings is 1. The number of carboxylic acid groups (broad SMARTS) is 1. The summed E-state index contributed by atoms with van der Waals surface area (Å²) >= 11 is 1.46. The minimum atomic E-state index is -1.10. The van der Waals surface area contributed by atoms with Crippen LogP contribution in [0.4, 0.5) is 5.13 Å². The standard InChI is InChI=1S/C31H38N2O7S.CH4O/c1-16-15-32-30(41-16)33-26(36)8-4-18-12-25(35)31(2)10-9-22-21-7-5-20(11-17(21)3-6-23(22)28(18)31)39-27-14-19(34)13-24(40-27)29(37)38;1-2/h5,7,11,15,18-19,22-24,27-28,34H,3-4,6,8-10,12-14H2,1-2H3,(H,37,38)(H,32,33,36);2H,1H3. The number of thiazole rings is 1. The minimum absolute atomic E-state index is 0.0431. The third kappa shape index (κ3) is 6.50. The Morgan fingerprint density at radius 2 is 2.02 bits per heavy atom. The first-order chi connectivity index (χ1) is 20.6. The molecule has 3 aliphatic carbocycles. The molecule has 4 aliphatic rings. The number of hydrogen-bond acceptors (Lipinski definition) is 9. The summed E-state index contributed by atoms with van der Waals surface area (Å²) in [5.74, 6) is 1.03. The van der Waals surface area contributed by atoms with Gasteiger partial charge in [-0.1, -0.05) is 13.0 Å². The lowest BCUT2D eigenvalue weighted by molar-refractivity contribution is -0.195. The highest BCUT2D eigenvalue weighted by atomic mass is 32.1. The highest BCUT2D eigenvalue weighted by molar-refractivity contribution is 7.15. The highest BCUT2D eigenvalue weighted by Crippen LogP contribution is 2.62. The van der Waals surface area contributed by atoms with Crippen LogP contribution >= 0.6 is 11.3 Å². The number of carbonyl (C=O) groups excluding carboxylic acids is 2. The van der Waals surface area contributed by atoms with Gasteiger partial charge in [0.1, 0.15) is 11.5 Å². The summed E-state index contributed by atoms with van der Waals surface area (Å²) in [6.07, 6.45) is 4.68. The fourth-order valence-corrected chi connectivity index (χ4v) is 8.79. The summed E-state index contributed by atoms with van der Waals surface area (Å²) in [7, 11) is 1.00. The zero-order valence-corrected chi connectivity index (χ0v) is 25.8. The number of aryl methyl sites for hydroxylation is 2. The predicted octanol–water partition coefficient (Wildman–Crippen LogP) is 4.46. The van der Waals surface area contributed by atoms with Crippen LogP contribution < -0.4 is 10.1 Å². The highest BCUT2D eigenvalue weighted by Gasteiger charge is 2.58. The third-order valence-corrected chi connectivity index (χ3v) is 10.8. The average molecular weight is 615 g/mol. The topological polar surface area (TPSA) is 155 Å². The second-order valence-corrected chi connectivity index (χ2v) is 13.8. The van der Waals surface area contributed by atoms with Gasteiger partial charge in [0.25, 0.3) is 0 Å². The Balaban J connectivity index is 0.00000180. The van der Waals surface area contributed by atoms with Crippen LogP contribution in [-0.4, -0.2) is 63.6 Å². The summed E-state index contributed by atoms with van der Waals surface area (Å²) in [5, 5.41) is 29.9. The second-order valence-electron chi connectivity index (χ2n) is 12.5. The van der Waals surface area contributed by atoms with E-state index in [9.17, 15) is 24.6 Å². The van der Waals surface area contributed by atoms with Gasteiger partial charge in [-0.25, -0.2) is 9.78 Å². The van der Waals surface area contributed by atoms with E-state index in [0.29, 0.717) is 47.8 Å². The van der Waals surface area contributed by atoms with Crippen molar-refractivity contribution in [2.45, 2.75) is 96.1 Å². The SMILES string of the molecule is CO.Cc1cnc(NC(=O)CCC2CC(=O)C3(C)CCC4c5ccc(OC6CC(O)CC(C(=O)O)O6)cc5CCC4C23)s1. The van der Waals surface area contributed by atoms with Gasteiger partial charge in [-0.2, -0.15) is 0 Å². The molecular formula is C32H42N2O8S. The Morgan fingerprint density at radius 3 is 2.74 bits per heavy atom. The molecule has 0 spiro atoms. The van der Waals surface area contributed by atoms with Crippen LogP contribution in [0.25, 0.3) is 0 Å². The third-order valence-electron chi connectivity index (χ3n) is 9.96. The van der Waals surface area contributed by atoms with E-state index in [1.54, 1.807) is 6.20 Å². The lowest BCUT2D eigenvalue weighted by atomic mass is 9.54. The molecule has 2 saturated carbocycles. The van der Waals surface area contributed by atoms with Crippen LogP contribution in [0.2, 0.25) is 0 Å². The second kappa shape index (κ2) is 13.0. The van der Waals surface area contributed by atoms with Crippen molar-refractivity contribution in [3.05, 3.63) is 40.4 Å². The molecule has 3 fully saturated rings. The number of ether oxygens (including phenoxy) is 2. The van der Waals surface area contributed by atoms with Crippen molar-refractivity contribution in [2.24, 2.45) is 23.2 Å². The van der Waals surface area contributed by atoms with Gasteiger partial charge >= 0.3 is 5.97 Å². The number of aromatic nitrogens is 1. The van der Waals surface area contributed by atoms with Crippen molar-refractivity contribution in [3.8, 4) is 5.75 Å². The molecule has 1 aromatic carbocycles. The van der Waals surface area contributed by atoms with Crippen molar-refractivity contribution in [1.82, 2.24) is 4.98 Å². The van der Waals surface area contributed by atoms with E-state index in [1.807, 2.05) is 19.1 Å². The number of aliphatic carboxylic acids is 1. The molecule has 2 aromatic rings. The zero-order chi connectivity index (χ0) is 30.9. The molecule has 1 aliphatic heterocycles. The lowest BCUT2D eigenvalue weighted by Gasteiger charge is -2.50. The molecule has 0 radical (unpaired) electrons. The molecule has 1 saturated heterocycles. The number of Topliss-reactive ketones (excluding diaryl/α,β-unsaturated/α-hetero) is 1. The molecule has 0 bridgehead atoms. The van der Waals surface area contributed by atoms with Gasteiger partial charge in [-0.15, -0.1) is 11.3 Å². The Morgan fingerprint density at radius 1 is 1.23 bits per heavy atom. The monoisotopic (exact) mass is 614 g/mol. The zero-order valence-electron chi connectivity index (χ0n) is 25.0. The minimum Gasteiger partial charge on any atom is -0.479 e. The maximum atomic E-state index is 13.3. The van der Waals surface area contributed by atoms with Crippen LogP contribution in [0.3, 0.4) is 0 Å². The van der Waals surface area contributed by atoms with Crippen LogP contribution in [0, 0.1) is 30.1 Å². The fourth-order valence-electron chi connectivity index (χ4n) is 8.11. The van der Waals surface area contributed by atoms with Crippen molar-refractivity contribution in [2.75, 3.05) is 12.4 Å². The Kier molecular flexibility index (Phi) is 9.55. The van der Waals surface area contributed by atoms with Crippen LogP contribution in [0.15, 0.2) is 24.4 Å². The number of fused-ring (bicyclic) bond motifs is 5. The van der Waals surface area contributed by atoms with E-state index in [1.165, 1.54) is 22.5 Å². The Labute approximate surface area is 255 Å². The number of carboxylic acids is 1. The van der Waals surface area contributed by atoms with Crippen molar-refractivity contribution in [1.29, 1.82) is 0 Å². The predicted molar refractivity (Wildman–Crippen MR) is 160 cm³/mol. The lowest BCUT2D eigenvalue weighted by Crippen LogP contribution is -2.44. The number of aliphatic hydroxyl groups excluding tert-OH is 2. The number of amides is 1. The molecule has 1 amide bonds. The largest absolute Gasteiger partial charge is 0.479 e. The van der Waals surface area contributed by atoms with Gasteiger partial charge in [-0.3, -0.25) is 9.59 Å². The van der Waals surface area contributed by atoms with E-state index in [0.717, 1.165) is 37.7 Å². The molecule has 4 N–H and O–H groups in total. The van der Waals surface area contributed by atoms with Crippen LogP contribution in [-0.2, 0) is 25.5 Å². The van der Waals surface area contributed by atoms with E-state index in [4.69, 9.17) is 14.6 Å². The number of hydrogen-bond donors (Lipinski definition) is 4. The number of nitrogens with one attached hydrogen (secondary N) is 1. The summed E-state index contributed by atoms with van der Waals surface area (Å²) in [6.45, 7) is 4.12. The maximum absolute atomic E-state index is 13.3. The Hall–Kier alpha value is -2.86. The van der Waals surface area contributed by atoms with E-state index in [2.05, 4.69) is 23.3 Å². The number of aliphatic hydroxyl groups is 2. The average Bonchev–Trinajstić information content (AvgIpc) is 3.50. The van der Waals surface area contributed by atoms with Crippen molar-refractivity contribution >= 4 is 34.1 Å². The summed E-state index contributed by atoms with van der Waals surface area (Å²) < 4.78 is 11.6. The van der Waals surface area contributed by atoms with E-state index >= 15 is 0 Å². The van der Waals surface area contributed by atoms with Crippen LogP contribution in [0.5, 0.6) is 5.75 Å². The van der Waals surface area contributed by atoms with Crippen molar-refractivity contribution in [3.63, 3.8) is 0 Å². The van der Waals surface area contributed by atoms with Gasteiger partial charge in [-0.05, 0) is 86.0 Å². The van der Waals surface area contributed by atoms with Gasteiger partial charge in [0.05, 0.1) is 6.10 Å². The maximum Gasteiger partial charge on any atom is 0.333 e. The molecule has 43 heavy (non-hydrogen) atoms. The molecule has 2 heterocycles. The molecule has 6 rings (SSSR count). The summed E-state index contributed by atoms with van der Waals surface area (Å²) in [6, 6.07) is 6.06. The number of nitrogens with zero attached hydrogens (tertiary/aromatic N) is 1. The molecule has 8 atom stereocenters. The number of anilines is 1. The van der Waals surface area contributed by atoms with E-state index < -0.39 is 24.5 Å². The van der Waals surface area contributed by atoms with Gasteiger partial charge in [0.2, 0.25) is 12.2 Å². The van der Waals surface area contributed by atoms with Crippen LogP contribution in [0.1, 0.15) is 80.2 Å². The number of ketones is 1. The van der Waals surface area contributed by atoms with Gasteiger partial charge < -0.3 is 30.1 Å². The smallest absolute Gasteiger partial charge is 0.333 e. The molecule has 8 unspecified atom stereocenters. The molecule has 10 nitrogen and oxygen atoms in total. The molecule has 234 valence electrons.